The highest BCUT2D eigenvalue weighted by Gasteiger charge is 2.19. The molecule has 9 heteroatoms. The molecule has 0 saturated carbocycles. The average Bonchev–Trinajstić information content (AvgIpc) is 3.01. The van der Waals surface area contributed by atoms with E-state index in [1.165, 1.54) is 12.1 Å². The van der Waals surface area contributed by atoms with Gasteiger partial charge in [-0.3, -0.25) is 4.79 Å². The number of hydrogen-bond donors (Lipinski definition) is 1. The minimum absolute atomic E-state index is 0.0774. The fourth-order valence-electron chi connectivity index (χ4n) is 1.93. The summed E-state index contributed by atoms with van der Waals surface area (Å²) in [6.45, 7) is 0.869. The monoisotopic (exact) mass is 353 g/mol. The number of rotatable bonds is 9. The minimum atomic E-state index is -3.52. The third-order valence-corrected chi connectivity index (χ3v) is 4.75. The van der Waals surface area contributed by atoms with Gasteiger partial charge in [-0.15, -0.1) is 0 Å². The van der Waals surface area contributed by atoms with Crippen LogP contribution in [-0.4, -0.2) is 44.7 Å². The first-order valence-corrected chi connectivity index (χ1v) is 9.01. The molecule has 0 aliphatic carbocycles. The van der Waals surface area contributed by atoms with E-state index in [9.17, 15) is 13.2 Å². The summed E-state index contributed by atoms with van der Waals surface area (Å²) in [7, 11) is -1.97. The number of amides is 1. The average molecular weight is 353 g/mol. The molecule has 1 aromatic carbocycles. The topological polar surface area (TPSA) is 111 Å². The molecule has 0 aliphatic heterocycles. The first-order chi connectivity index (χ1) is 11.5. The summed E-state index contributed by atoms with van der Waals surface area (Å²) in [5.74, 6) is -0.201. The van der Waals surface area contributed by atoms with Gasteiger partial charge in [0, 0.05) is 26.5 Å². The molecule has 1 aromatic heterocycles. The second-order valence-electron chi connectivity index (χ2n) is 5.02. The molecule has 0 unspecified atom stereocenters. The second-order valence-corrected chi connectivity index (χ2v) is 7.01. The van der Waals surface area contributed by atoms with Gasteiger partial charge in [0.05, 0.1) is 11.5 Å². The number of sulfone groups is 1. The molecule has 0 radical (unpaired) electrons. The van der Waals surface area contributed by atoms with Crippen LogP contribution in [0, 0.1) is 0 Å². The van der Waals surface area contributed by atoms with E-state index in [0.29, 0.717) is 13.2 Å². The molecule has 1 N–H and O–H groups in total. The zero-order valence-electron chi connectivity index (χ0n) is 13.3. The van der Waals surface area contributed by atoms with E-state index in [0.717, 1.165) is 0 Å². The van der Waals surface area contributed by atoms with Crippen LogP contribution < -0.4 is 5.32 Å². The number of hydrogen-bond acceptors (Lipinski definition) is 7. The molecule has 0 atom stereocenters. The number of ether oxygens (including phenoxy) is 1. The molecule has 0 spiro atoms. The lowest BCUT2D eigenvalue weighted by molar-refractivity contribution is -0.121. The highest BCUT2D eigenvalue weighted by molar-refractivity contribution is 7.90. The number of benzene rings is 1. The van der Waals surface area contributed by atoms with Crippen molar-refractivity contribution >= 4 is 15.7 Å². The van der Waals surface area contributed by atoms with E-state index < -0.39 is 9.84 Å². The van der Waals surface area contributed by atoms with E-state index in [-0.39, 0.29) is 41.1 Å². The van der Waals surface area contributed by atoms with Gasteiger partial charge in [-0.05, 0) is 12.1 Å². The Labute approximate surface area is 140 Å². The van der Waals surface area contributed by atoms with Gasteiger partial charge in [0.25, 0.3) is 0 Å². The van der Waals surface area contributed by atoms with Gasteiger partial charge in [0.15, 0.2) is 15.7 Å². The van der Waals surface area contributed by atoms with Crippen LogP contribution in [0.3, 0.4) is 0 Å². The molecule has 0 bridgehead atoms. The Morgan fingerprint density at radius 2 is 2.04 bits per heavy atom. The summed E-state index contributed by atoms with van der Waals surface area (Å²) >= 11 is 0. The summed E-state index contributed by atoms with van der Waals surface area (Å²) in [6, 6.07) is 8.07. The maximum absolute atomic E-state index is 12.2. The van der Waals surface area contributed by atoms with Gasteiger partial charge >= 0.3 is 0 Å². The summed E-state index contributed by atoms with van der Waals surface area (Å²) in [5.41, 5.74) is 0. The van der Waals surface area contributed by atoms with Crippen molar-refractivity contribution in [2.24, 2.45) is 0 Å². The molecule has 1 heterocycles. The number of carbonyl (C=O) groups is 1. The lowest BCUT2D eigenvalue weighted by Crippen LogP contribution is -2.27. The molecule has 0 aliphatic rings. The smallest absolute Gasteiger partial charge is 0.227 e. The van der Waals surface area contributed by atoms with E-state index in [1.54, 1.807) is 25.3 Å². The van der Waals surface area contributed by atoms with Crippen molar-refractivity contribution in [1.29, 1.82) is 0 Å². The predicted molar refractivity (Wildman–Crippen MR) is 84.8 cm³/mol. The van der Waals surface area contributed by atoms with Crippen molar-refractivity contribution in [2.45, 2.75) is 23.5 Å². The van der Waals surface area contributed by atoms with Crippen LogP contribution in [0.5, 0.6) is 0 Å². The summed E-state index contributed by atoms with van der Waals surface area (Å²) in [4.78, 5) is 15.8. The van der Waals surface area contributed by atoms with Gasteiger partial charge < -0.3 is 14.6 Å². The SMILES string of the molecule is COCCNC(=O)CCc1nc(CS(=O)(=O)c2ccccc2)no1. The Balaban J connectivity index is 1.88. The second kappa shape index (κ2) is 8.55. The van der Waals surface area contributed by atoms with Crippen molar-refractivity contribution in [1.82, 2.24) is 15.5 Å². The van der Waals surface area contributed by atoms with Crippen molar-refractivity contribution in [2.75, 3.05) is 20.3 Å². The van der Waals surface area contributed by atoms with Crippen LogP contribution in [0.4, 0.5) is 0 Å². The zero-order chi connectivity index (χ0) is 17.4. The van der Waals surface area contributed by atoms with Crippen LogP contribution in [0.2, 0.25) is 0 Å². The first kappa shape index (κ1) is 18.1. The number of carbonyl (C=O) groups excluding carboxylic acids is 1. The number of methoxy groups -OCH3 is 1. The highest BCUT2D eigenvalue weighted by Crippen LogP contribution is 2.14. The number of aromatic nitrogens is 2. The summed E-state index contributed by atoms with van der Waals surface area (Å²) < 4.78 is 34.3. The Hall–Kier alpha value is -2.26. The van der Waals surface area contributed by atoms with Crippen molar-refractivity contribution in [3.8, 4) is 0 Å². The van der Waals surface area contributed by atoms with Gasteiger partial charge in [0.2, 0.25) is 11.8 Å². The Bertz CT molecular complexity index is 758. The third-order valence-electron chi connectivity index (χ3n) is 3.13. The van der Waals surface area contributed by atoms with E-state index >= 15 is 0 Å². The minimum Gasteiger partial charge on any atom is -0.383 e. The predicted octanol–water partition coefficient (Wildman–Crippen LogP) is 0.739. The molecule has 1 amide bonds. The fourth-order valence-corrected chi connectivity index (χ4v) is 3.13. The third kappa shape index (κ3) is 5.43. The molecule has 0 saturated heterocycles. The summed E-state index contributed by atoms with van der Waals surface area (Å²) in [6.07, 6.45) is 0.425. The van der Waals surface area contributed by atoms with Crippen molar-refractivity contribution in [3.05, 3.63) is 42.0 Å². The van der Waals surface area contributed by atoms with Crippen LogP contribution in [0.15, 0.2) is 39.8 Å². The Morgan fingerprint density at radius 3 is 2.75 bits per heavy atom. The molecule has 130 valence electrons. The quantitative estimate of drug-likeness (QED) is 0.662. The first-order valence-electron chi connectivity index (χ1n) is 7.36. The molecular weight excluding hydrogens is 334 g/mol. The fraction of sp³-hybridized carbons (Fsp3) is 0.400. The van der Waals surface area contributed by atoms with E-state index in [2.05, 4.69) is 15.5 Å². The van der Waals surface area contributed by atoms with Crippen LogP contribution in [0.1, 0.15) is 18.1 Å². The number of nitrogens with one attached hydrogen (secondary N) is 1. The van der Waals surface area contributed by atoms with E-state index in [1.807, 2.05) is 0 Å². The van der Waals surface area contributed by atoms with Gasteiger partial charge in [-0.2, -0.15) is 4.98 Å². The van der Waals surface area contributed by atoms with Gasteiger partial charge in [-0.1, -0.05) is 23.4 Å². The zero-order valence-corrected chi connectivity index (χ0v) is 14.1. The maximum atomic E-state index is 12.2. The highest BCUT2D eigenvalue weighted by atomic mass is 32.2. The summed E-state index contributed by atoms with van der Waals surface area (Å²) in [5, 5.41) is 6.33. The van der Waals surface area contributed by atoms with Crippen LogP contribution in [-0.2, 0) is 31.5 Å². The van der Waals surface area contributed by atoms with Crippen LogP contribution >= 0.6 is 0 Å². The molecule has 0 fully saturated rings. The molecule has 24 heavy (non-hydrogen) atoms. The molecule has 2 rings (SSSR count). The normalized spacial score (nSPS) is 11.4. The largest absolute Gasteiger partial charge is 0.383 e. The van der Waals surface area contributed by atoms with E-state index in [4.69, 9.17) is 9.26 Å². The molecule has 2 aromatic rings. The van der Waals surface area contributed by atoms with Gasteiger partial charge in [-0.25, -0.2) is 8.42 Å². The Morgan fingerprint density at radius 1 is 1.29 bits per heavy atom. The lowest BCUT2D eigenvalue weighted by atomic mass is 10.3. The standard InChI is InChI=1S/C15H19N3O5S/c1-22-10-9-16-14(19)7-8-15-17-13(18-23-15)11-24(20,21)12-5-3-2-4-6-12/h2-6H,7-11H2,1H3,(H,16,19). The maximum Gasteiger partial charge on any atom is 0.227 e. The number of nitrogens with zero attached hydrogens (tertiary/aromatic N) is 2. The number of aryl methyl sites for hydroxylation is 1. The van der Waals surface area contributed by atoms with Crippen molar-refractivity contribution < 1.29 is 22.5 Å². The molecular formula is C15H19N3O5S. The lowest BCUT2D eigenvalue weighted by Gasteiger charge is -2.02. The van der Waals surface area contributed by atoms with Gasteiger partial charge in [0.1, 0.15) is 5.75 Å². The van der Waals surface area contributed by atoms with Crippen LogP contribution in [0.25, 0.3) is 0 Å². The molecule has 8 nitrogen and oxygen atoms in total. The Kier molecular flexibility index (Phi) is 6.44. The van der Waals surface area contributed by atoms with Crippen molar-refractivity contribution in [3.63, 3.8) is 0 Å².